The second-order valence-corrected chi connectivity index (χ2v) is 4.20. The number of H-pyrrole nitrogens is 1. The Balaban J connectivity index is 2.33. The molecule has 2 N–H and O–H groups in total. The summed E-state index contributed by atoms with van der Waals surface area (Å²) in [5.74, 6) is 0.510. The van der Waals surface area contributed by atoms with Crippen LogP contribution in [0.15, 0.2) is 0 Å². The molecule has 1 aromatic rings. The summed E-state index contributed by atoms with van der Waals surface area (Å²) in [5.41, 5.74) is 4.75. The number of aromatic amines is 1. The number of nitrogens with one attached hydrogen (secondary N) is 1. The van der Waals surface area contributed by atoms with Gasteiger partial charge in [0.15, 0.2) is 0 Å². The van der Waals surface area contributed by atoms with E-state index >= 15 is 0 Å². The summed E-state index contributed by atoms with van der Waals surface area (Å²) >= 11 is 0. The fourth-order valence-electron chi connectivity index (χ4n) is 1.82. The molecule has 0 radical (unpaired) electrons. The first kappa shape index (κ1) is 8.82. The van der Waals surface area contributed by atoms with Crippen LogP contribution in [0.5, 0.6) is 0 Å². The zero-order valence-electron chi connectivity index (χ0n) is 8.52. The van der Waals surface area contributed by atoms with Crippen LogP contribution in [0.3, 0.4) is 0 Å². The zero-order valence-corrected chi connectivity index (χ0v) is 8.52. The summed E-state index contributed by atoms with van der Waals surface area (Å²) in [4.78, 5) is 3.28. The summed E-state index contributed by atoms with van der Waals surface area (Å²) in [6, 6.07) is 0. The van der Waals surface area contributed by atoms with Crippen LogP contribution in [-0.4, -0.2) is 10.1 Å². The van der Waals surface area contributed by atoms with E-state index in [1.807, 2.05) is 0 Å². The van der Waals surface area contributed by atoms with Gasteiger partial charge in [-0.15, -0.1) is 0 Å². The molecule has 1 saturated carbocycles. The van der Waals surface area contributed by atoms with Gasteiger partial charge in [0.05, 0.1) is 6.10 Å². The molecule has 1 aromatic heterocycles. The average molecular weight is 179 g/mol. The molecule has 0 amide bonds. The molecule has 2 rings (SSSR count). The van der Waals surface area contributed by atoms with E-state index in [1.165, 1.54) is 29.7 Å². The molecule has 0 bridgehead atoms. The van der Waals surface area contributed by atoms with Gasteiger partial charge in [-0.3, -0.25) is 0 Å². The number of aryl methyl sites for hydroxylation is 1. The predicted molar refractivity (Wildman–Crippen MR) is 52.7 cm³/mol. The highest BCUT2D eigenvalue weighted by atomic mass is 16.3. The highest BCUT2D eigenvalue weighted by molar-refractivity contribution is 5.35. The number of rotatable bonds is 2. The quantitative estimate of drug-likeness (QED) is 0.718. The van der Waals surface area contributed by atoms with E-state index < -0.39 is 0 Å². The van der Waals surface area contributed by atoms with Crippen LogP contribution in [-0.2, 0) is 0 Å². The Morgan fingerprint density at radius 2 is 1.85 bits per heavy atom. The first-order valence-corrected chi connectivity index (χ1v) is 4.95. The maximum Gasteiger partial charge on any atom is 0.0968 e. The Bertz CT molecular complexity index is 323. The van der Waals surface area contributed by atoms with Crippen molar-refractivity contribution in [2.24, 2.45) is 5.92 Å². The fourth-order valence-corrected chi connectivity index (χ4v) is 1.82. The first-order valence-electron chi connectivity index (χ1n) is 4.95. The normalized spacial score (nSPS) is 19.1. The Kier molecular flexibility index (Phi) is 1.95. The molecule has 72 valence electrons. The fraction of sp³-hybridized carbons (Fsp3) is 0.636. The van der Waals surface area contributed by atoms with Gasteiger partial charge in [-0.25, -0.2) is 0 Å². The molecule has 1 aliphatic rings. The van der Waals surface area contributed by atoms with Gasteiger partial charge in [-0.2, -0.15) is 0 Å². The maximum absolute atomic E-state index is 9.95. The highest BCUT2D eigenvalue weighted by Gasteiger charge is 2.32. The van der Waals surface area contributed by atoms with Crippen molar-refractivity contribution in [1.29, 1.82) is 0 Å². The van der Waals surface area contributed by atoms with Gasteiger partial charge in [0.2, 0.25) is 0 Å². The number of hydrogen-bond acceptors (Lipinski definition) is 1. The monoisotopic (exact) mass is 179 g/mol. The van der Waals surface area contributed by atoms with E-state index in [2.05, 4.69) is 25.8 Å². The third kappa shape index (κ3) is 1.39. The number of hydrogen-bond donors (Lipinski definition) is 2. The smallest absolute Gasteiger partial charge is 0.0968 e. The Morgan fingerprint density at radius 3 is 2.23 bits per heavy atom. The van der Waals surface area contributed by atoms with Crippen molar-refractivity contribution < 1.29 is 5.11 Å². The topological polar surface area (TPSA) is 36.0 Å². The summed E-state index contributed by atoms with van der Waals surface area (Å²) < 4.78 is 0. The second kappa shape index (κ2) is 2.88. The molecule has 1 unspecified atom stereocenters. The molecular weight excluding hydrogens is 162 g/mol. The van der Waals surface area contributed by atoms with Crippen LogP contribution in [0.4, 0.5) is 0 Å². The van der Waals surface area contributed by atoms with Crippen LogP contribution in [0.2, 0.25) is 0 Å². The van der Waals surface area contributed by atoms with Crippen LogP contribution in [0.1, 0.15) is 41.5 Å². The molecule has 0 aliphatic heterocycles. The highest BCUT2D eigenvalue weighted by Crippen LogP contribution is 2.41. The summed E-state index contributed by atoms with van der Waals surface area (Å²) in [7, 11) is 0. The molecule has 0 saturated heterocycles. The number of aromatic nitrogens is 1. The first-order chi connectivity index (χ1) is 6.11. The van der Waals surface area contributed by atoms with E-state index in [9.17, 15) is 5.11 Å². The Morgan fingerprint density at radius 1 is 1.23 bits per heavy atom. The van der Waals surface area contributed by atoms with Gasteiger partial charge in [0.25, 0.3) is 0 Å². The minimum Gasteiger partial charge on any atom is -0.387 e. The lowest BCUT2D eigenvalue weighted by Gasteiger charge is -2.08. The second-order valence-electron chi connectivity index (χ2n) is 4.20. The third-order valence-corrected chi connectivity index (χ3v) is 3.22. The standard InChI is InChI=1S/C11H17NO/c1-6-7(2)10(12-8(6)3)11(13)9-4-5-9/h9,11-13H,4-5H2,1-3H3. The number of aliphatic hydroxyl groups is 1. The zero-order chi connectivity index (χ0) is 9.59. The molecule has 2 nitrogen and oxygen atoms in total. The Labute approximate surface area is 79.0 Å². The van der Waals surface area contributed by atoms with Crippen LogP contribution < -0.4 is 0 Å². The van der Waals surface area contributed by atoms with Gasteiger partial charge in [-0.05, 0) is 50.7 Å². The SMILES string of the molecule is Cc1[nH]c(C(O)C2CC2)c(C)c1C. The number of aliphatic hydroxyl groups excluding tert-OH is 1. The van der Waals surface area contributed by atoms with Gasteiger partial charge >= 0.3 is 0 Å². The maximum atomic E-state index is 9.95. The van der Waals surface area contributed by atoms with Gasteiger partial charge in [0, 0.05) is 11.4 Å². The lowest BCUT2D eigenvalue weighted by molar-refractivity contribution is 0.149. The molecule has 0 aromatic carbocycles. The van der Waals surface area contributed by atoms with E-state index in [1.54, 1.807) is 0 Å². The van der Waals surface area contributed by atoms with Crippen molar-refractivity contribution in [3.8, 4) is 0 Å². The minimum atomic E-state index is -0.257. The van der Waals surface area contributed by atoms with Crippen LogP contribution >= 0.6 is 0 Å². The molecule has 0 spiro atoms. The average Bonchev–Trinajstić information content (AvgIpc) is 2.89. The van der Waals surface area contributed by atoms with Gasteiger partial charge < -0.3 is 10.1 Å². The van der Waals surface area contributed by atoms with E-state index in [0.717, 1.165) is 5.69 Å². The van der Waals surface area contributed by atoms with Crippen molar-refractivity contribution in [3.63, 3.8) is 0 Å². The predicted octanol–water partition coefficient (Wildman–Crippen LogP) is 2.38. The molecular formula is C11H17NO. The van der Waals surface area contributed by atoms with Crippen LogP contribution in [0.25, 0.3) is 0 Å². The summed E-state index contributed by atoms with van der Waals surface area (Å²) in [6.07, 6.45) is 2.10. The molecule has 1 aliphatic carbocycles. The van der Waals surface area contributed by atoms with Crippen molar-refractivity contribution in [1.82, 2.24) is 4.98 Å². The van der Waals surface area contributed by atoms with Crippen LogP contribution in [0, 0.1) is 26.7 Å². The molecule has 13 heavy (non-hydrogen) atoms. The van der Waals surface area contributed by atoms with Gasteiger partial charge in [-0.1, -0.05) is 0 Å². The van der Waals surface area contributed by atoms with Crippen molar-refractivity contribution in [2.45, 2.75) is 39.7 Å². The Hall–Kier alpha value is -0.760. The lowest BCUT2D eigenvalue weighted by atomic mass is 10.1. The summed E-state index contributed by atoms with van der Waals surface area (Å²) in [5, 5.41) is 9.95. The van der Waals surface area contributed by atoms with Gasteiger partial charge in [0.1, 0.15) is 0 Å². The van der Waals surface area contributed by atoms with Crippen molar-refractivity contribution in [3.05, 3.63) is 22.5 Å². The molecule has 1 atom stereocenters. The van der Waals surface area contributed by atoms with Crippen molar-refractivity contribution >= 4 is 0 Å². The molecule has 1 heterocycles. The largest absolute Gasteiger partial charge is 0.387 e. The minimum absolute atomic E-state index is 0.257. The van der Waals surface area contributed by atoms with Crippen molar-refractivity contribution in [2.75, 3.05) is 0 Å². The summed E-state index contributed by atoms with van der Waals surface area (Å²) in [6.45, 7) is 6.25. The van der Waals surface area contributed by atoms with E-state index in [-0.39, 0.29) is 6.10 Å². The lowest BCUT2D eigenvalue weighted by Crippen LogP contribution is -2.01. The third-order valence-electron chi connectivity index (χ3n) is 3.22. The van der Waals surface area contributed by atoms with E-state index in [4.69, 9.17) is 0 Å². The van der Waals surface area contributed by atoms with E-state index in [0.29, 0.717) is 5.92 Å². The molecule has 2 heteroatoms. The molecule has 1 fully saturated rings.